The number of para-hydroxylation sites is 1. The molecule has 3 aromatic rings. The molecular formula is C18H16N2O3. The number of phenols is 1. The molecular weight excluding hydrogens is 292 g/mol. The lowest BCUT2D eigenvalue weighted by molar-refractivity contribution is 0.0929. The molecule has 0 saturated carbocycles. The summed E-state index contributed by atoms with van der Waals surface area (Å²) in [4.78, 5) is 12.0. The highest BCUT2D eigenvalue weighted by Crippen LogP contribution is 2.22. The number of furan rings is 1. The average molecular weight is 308 g/mol. The summed E-state index contributed by atoms with van der Waals surface area (Å²) in [5, 5.41) is 14.5. The number of hydrogen-bond acceptors (Lipinski definition) is 4. The second-order valence-corrected chi connectivity index (χ2v) is 5.35. The van der Waals surface area contributed by atoms with Crippen molar-refractivity contribution in [3.63, 3.8) is 0 Å². The molecule has 0 bridgehead atoms. The third kappa shape index (κ3) is 3.08. The normalized spacial score (nSPS) is 11.2. The van der Waals surface area contributed by atoms with Crippen LogP contribution in [-0.2, 0) is 0 Å². The van der Waals surface area contributed by atoms with Gasteiger partial charge < -0.3 is 9.52 Å². The van der Waals surface area contributed by atoms with Crippen LogP contribution >= 0.6 is 0 Å². The zero-order valence-corrected chi connectivity index (χ0v) is 12.8. The van der Waals surface area contributed by atoms with Crippen LogP contribution < -0.4 is 5.43 Å². The third-order valence-electron chi connectivity index (χ3n) is 3.54. The second-order valence-electron chi connectivity index (χ2n) is 5.35. The van der Waals surface area contributed by atoms with Gasteiger partial charge in [0, 0.05) is 5.39 Å². The van der Waals surface area contributed by atoms with Crippen molar-refractivity contribution in [2.75, 3.05) is 0 Å². The van der Waals surface area contributed by atoms with E-state index in [1.54, 1.807) is 24.3 Å². The van der Waals surface area contributed by atoms with Crippen LogP contribution in [0.15, 0.2) is 52.0 Å². The molecule has 0 saturated heterocycles. The van der Waals surface area contributed by atoms with Gasteiger partial charge >= 0.3 is 5.91 Å². The zero-order chi connectivity index (χ0) is 16.4. The van der Waals surface area contributed by atoms with E-state index in [9.17, 15) is 9.90 Å². The van der Waals surface area contributed by atoms with Crippen molar-refractivity contribution in [1.29, 1.82) is 0 Å². The van der Waals surface area contributed by atoms with Gasteiger partial charge in [0.1, 0.15) is 11.3 Å². The van der Waals surface area contributed by atoms with E-state index < -0.39 is 5.91 Å². The Kier molecular flexibility index (Phi) is 3.85. The first-order valence-corrected chi connectivity index (χ1v) is 7.17. The van der Waals surface area contributed by atoms with Crippen LogP contribution in [0.25, 0.3) is 11.0 Å². The monoisotopic (exact) mass is 308 g/mol. The topological polar surface area (TPSA) is 74.8 Å². The molecule has 2 aromatic carbocycles. The van der Waals surface area contributed by atoms with E-state index in [0.717, 1.165) is 22.1 Å². The van der Waals surface area contributed by atoms with Crippen LogP contribution in [0.5, 0.6) is 5.75 Å². The van der Waals surface area contributed by atoms with Crippen molar-refractivity contribution in [1.82, 2.24) is 5.43 Å². The Labute approximate surface area is 133 Å². The highest BCUT2D eigenvalue weighted by molar-refractivity contribution is 5.96. The van der Waals surface area contributed by atoms with Crippen LogP contribution in [0.1, 0.15) is 27.2 Å². The number of carbonyl (C=O) groups is 1. The van der Waals surface area contributed by atoms with Gasteiger partial charge in [-0.05, 0) is 54.8 Å². The van der Waals surface area contributed by atoms with Crippen molar-refractivity contribution < 1.29 is 14.3 Å². The van der Waals surface area contributed by atoms with Gasteiger partial charge in [-0.2, -0.15) is 5.10 Å². The number of amides is 1. The van der Waals surface area contributed by atoms with Crippen LogP contribution in [0.4, 0.5) is 0 Å². The van der Waals surface area contributed by atoms with Gasteiger partial charge in [0.05, 0.1) is 6.21 Å². The Hall–Kier alpha value is -3.08. The van der Waals surface area contributed by atoms with Gasteiger partial charge in [0.2, 0.25) is 0 Å². The van der Waals surface area contributed by atoms with Gasteiger partial charge in [0.15, 0.2) is 5.76 Å². The summed E-state index contributed by atoms with van der Waals surface area (Å²) in [6.07, 6.45) is 1.53. The van der Waals surface area contributed by atoms with Crippen LogP contribution in [0.2, 0.25) is 0 Å². The molecule has 1 aromatic heterocycles. The highest BCUT2D eigenvalue weighted by atomic mass is 16.3. The lowest BCUT2D eigenvalue weighted by Crippen LogP contribution is -2.16. The van der Waals surface area contributed by atoms with Gasteiger partial charge in [-0.15, -0.1) is 0 Å². The minimum atomic E-state index is -0.412. The van der Waals surface area contributed by atoms with Gasteiger partial charge in [0.25, 0.3) is 0 Å². The molecule has 2 N–H and O–H groups in total. The molecule has 0 aliphatic rings. The number of phenolic OH excluding ortho intramolecular Hbond substituents is 1. The SMILES string of the molecule is Cc1cc(/C=N/NC(=O)c2cc3ccccc3o2)cc(C)c1O. The zero-order valence-electron chi connectivity index (χ0n) is 12.8. The number of fused-ring (bicyclic) bond motifs is 1. The van der Waals surface area contributed by atoms with Crippen LogP contribution in [-0.4, -0.2) is 17.2 Å². The minimum Gasteiger partial charge on any atom is -0.507 e. The fourth-order valence-electron chi connectivity index (χ4n) is 2.38. The Morgan fingerprint density at radius 2 is 1.87 bits per heavy atom. The smallest absolute Gasteiger partial charge is 0.307 e. The lowest BCUT2D eigenvalue weighted by Gasteiger charge is -2.04. The lowest BCUT2D eigenvalue weighted by atomic mass is 10.1. The molecule has 5 heteroatoms. The average Bonchev–Trinajstić information content (AvgIpc) is 2.96. The van der Waals surface area contributed by atoms with E-state index >= 15 is 0 Å². The molecule has 0 spiro atoms. The molecule has 3 rings (SSSR count). The Balaban J connectivity index is 1.73. The largest absolute Gasteiger partial charge is 0.507 e. The minimum absolute atomic E-state index is 0.210. The van der Waals surface area contributed by atoms with Crippen LogP contribution in [0.3, 0.4) is 0 Å². The summed E-state index contributed by atoms with van der Waals surface area (Å²) in [6.45, 7) is 3.62. The molecule has 0 aliphatic heterocycles. The Morgan fingerprint density at radius 1 is 1.17 bits per heavy atom. The maximum Gasteiger partial charge on any atom is 0.307 e. The summed E-state index contributed by atoms with van der Waals surface area (Å²) in [6, 6.07) is 12.7. The maximum absolute atomic E-state index is 12.0. The molecule has 1 amide bonds. The van der Waals surface area contributed by atoms with Crippen molar-refractivity contribution in [3.8, 4) is 5.75 Å². The van der Waals surface area contributed by atoms with Crippen LogP contribution in [0, 0.1) is 13.8 Å². The van der Waals surface area contributed by atoms with Crippen molar-refractivity contribution in [2.24, 2.45) is 5.10 Å². The standard InChI is InChI=1S/C18H16N2O3/c1-11-7-13(8-12(2)17(11)21)10-19-20-18(22)16-9-14-5-3-4-6-15(14)23-16/h3-10,21H,1-2H3,(H,20,22)/b19-10+. The van der Waals surface area contributed by atoms with Gasteiger partial charge in [-0.1, -0.05) is 18.2 Å². The summed E-state index contributed by atoms with van der Waals surface area (Å²) in [5.41, 5.74) is 5.41. The molecule has 0 radical (unpaired) electrons. The number of aryl methyl sites for hydroxylation is 2. The summed E-state index contributed by atoms with van der Waals surface area (Å²) in [7, 11) is 0. The number of rotatable bonds is 3. The molecule has 0 atom stereocenters. The quantitative estimate of drug-likeness (QED) is 0.574. The van der Waals surface area contributed by atoms with Crippen molar-refractivity contribution in [2.45, 2.75) is 13.8 Å². The first-order valence-electron chi connectivity index (χ1n) is 7.17. The van der Waals surface area contributed by atoms with Gasteiger partial charge in [-0.3, -0.25) is 4.79 Å². The second kappa shape index (κ2) is 5.96. The first-order chi connectivity index (χ1) is 11.0. The molecule has 116 valence electrons. The predicted molar refractivity (Wildman–Crippen MR) is 88.9 cm³/mol. The molecule has 23 heavy (non-hydrogen) atoms. The van der Waals surface area contributed by atoms with E-state index in [0.29, 0.717) is 5.58 Å². The van der Waals surface area contributed by atoms with E-state index in [4.69, 9.17) is 4.42 Å². The number of nitrogens with zero attached hydrogens (tertiary/aromatic N) is 1. The molecule has 0 unspecified atom stereocenters. The summed E-state index contributed by atoms with van der Waals surface area (Å²) in [5.74, 6) is 0.0690. The number of benzene rings is 2. The number of nitrogens with one attached hydrogen (secondary N) is 1. The number of hydrogen-bond donors (Lipinski definition) is 2. The summed E-state index contributed by atoms with van der Waals surface area (Å²) < 4.78 is 5.47. The third-order valence-corrected chi connectivity index (χ3v) is 3.54. The molecule has 0 aliphatic carbocycles. The first kappa shape index (κ1) is 14.8. The number of carbonyl (C=O) groups excluding carboxylic acids is 1. The Morgan fingerprint density at radius 3 is 2.57 bits per heavy atom. The molecule has 5 nitrogen and oxygen atoms in total. The van der Waals surface area contributed by atoms with E-state index in [1.807, 2.05) is 32.0 Å². The van der Waals surface area contributed by atoms with E-state index in [-0.39, 0.29) is 11.5 Å². The fraction of sp³-hybridized carbons (Fsp3) is 0.111. The van der Waals surface area contributed by atoms with Crippen molar-refractivity contribution in [3.05, 3.63) is 64.9 Å². The maximum atomic E-state index is 12.0. The highest BCUT2D eigenvalue weighted by Gasteiger charge is 2.11. The number of hydrazone groups is 1. The molecule has 0 fully saturated rings. The summed E-state index contributed by atoms with van der Waals surface area (Å²) >= 11 is 0. The van der Waals surface area contributed by atoms with Gasteiger partial charge in [-0.25, -0.2) is 5.43 Å². The van der Waals surface area contributed by atoms with E-state index in [1.165, 1.54) is 6.21 Å². The van der Waals surface area contributed by atoms with E-state index in [2.05, 4.69) is 10.5 Å². The number of aromatic hydroxyl groups is 1. The Bertz CT molecular complexity index is 854. The predicted octanol–water partition coefficient (Wildman–Crippen LogP) is 3.52. The fourth-order valence-corrected chi connectivity index (χ4v) is 2.38. The molecule has 1 heterocycles. The van der Waals surface area contributed by atoms with Crippen molar-refractivity contribution >= 4 is 23.1 Å².